The predicted octanol–water partition coefficient (Wildman–Crippen LogP) is 1.23. The van der Waals surface area contributed by atoms with Crippen LogP contribution in [-0.2, 0) is 4.79 Å². The molecule has 0 aromatic rings. The van der Waals surface area contributed by atoms with E-state index in [0.717, 1.165) is 13.0 Å². The zero-order chi connectivity index (χ0) is 13.1. The first-order valence-electron chi connectivity index (χ1n) is 7.29. The lowest BCUT2D eigenvalue weighted by Gasteiger charge is -2.41. The van der Waals surface area contributed by atoms with Gasteiger partial charge in [0.25, 0.3) is 0 Å². The Balaban J connectivity index is 1.80. The van der Waals surface area contributed by atoms with Crippen LogP contribution >= 0.6 is 0 Å². The number of aliphatic hydroxyl groups is 1. The van der Waals surface area contributed by atoms with E-state index in [9.17, 15) is 9.90 Å². The largest absolute Gasteiger partial charge is 0.390 e. The van der Waals surface area contributed by atoms with Crippen LogP contribution < -0.4 is 0 Å². The van der Waals surface area contributed by atoms with Crippen molar-refractivity contribution in [1.82, 2.24) is 9.80 Å². The molecule has 0 radical (unpaired) electrons. The van der Waals surface area contributed by atoms with Crippen LogP contribution in [0.1, 0.15) is 46.0 Å². The molecule has 1 unspecified atom stereocenters. The van der Waals surface area contributed by atoms with Crippen molar-refractivity contribution < 1.29 is 9.90 Å². The van der Waals surface area contributed by atoms with Crippen molar-refractivity contribution in [2.45, 2.75) is 64.1 Å². The van der Waals surface area contributed by atoms with Gasteiger partial charge >= 0.3 is 0 Å². The number of hydrogen-bond donors (Lipinski definition) is 1. The minimum atomic E-state index is -0.407. The average molecular weight is 254 g/mol. The minimum absolute atomic E-state index is 0.203. The van der Waals surface area contributed by atoms with Crippen molar-refractivity contribution in [2.75, 3.05) is 19.6 Å². The van der Waals surface area contributed by atoms with Gasteiger partial charge in [0.05, 0.1) is 6.10 Å². The summed E-state index contributed by atoms with van der Waals surface area (Å²) in [4.78, 5) is 15.7. The number of likely N-dealkylation sites (tertiary alicyclic amines) is 1. The smallest absolute Gasteiger partial charge is 0.222 e. The standard InChI is InChI=1S/C14H26N2O2/c1-11(2)16(12-5-3-6-12)10-13(17)9-15-8-4-7-14(15)18/h11-13,17H,3-10H2,1-2H3. The van der Waals surface area contributed by atoms with Gasteiger partial charge in [0.15, 0.2) is 0 Å². The first kappa shape index (κ1) is 13.8. The lowest BCUT2D eigenvalue weighted by atomic mass is 9.90. The SMILES string of the molecule is CC(C)N(CC(O)CN1CCCC1=O)C1CCC1. The molecule has 2 aliphatic rings. The molecule has 1 aliphatic heterocycles. The highest BCUT2D eigenvalue weighted by molar-refractivity contribution is 5.78. The van der Waals surface area contributed by atoms with E-state index in [-0.39, 0.29) is 5.91 Å². The molecule has 1 amide bonds. The summed E-state index contributed by atoms with van der Waals surface area (Å²) in [5, 5.41) is 10.2. The van der Waals surface area contributed by atoms with Crippen LogP contribution in [-0.4, -0.2) is 58.6 Å². The van der Waals surface area contributed by atoms with Gasteiger partial charge in [-0.15, -0.1) is 0 Å². The molecule has 0 aromatic heterocycles. The quantitative estimate of drug-likeness (QED) is 0.775. The van der Waals surface area contributed by atoms with Crippen molar-refractivity contribution in [1.29, 1.82) is 0 Å². The third kappa shape index (κ3) is 3.23. The Hall–Kier alpha value is -0.610. The fourth-order valence-electron chi connectivity index (χ4n) is 2.95. The van der Waals surface area contributed by atoms with Crippen LogP contribution in [0.5, 0.6) is 0 Å². The average Bonchev–Trinajstić information content (AvgIpc) is 2.60. The molecule has 104 valence electrons. The van der Waals surface area contributed by atoms with Gasteiger partial charge in [-0.05, 0) is 33.1 Å². The highest BCUT2D eigenvalue weighted by Gasteiger charge is 2.30. The molecule has 18 heavy (non-hydrogen) atoms. The second-order valence-corrected chi connectivity index (χ2v) is 5.97. The number of β-amino-alcohol motifs (C(OH)–C–C–N with tert-alkyl or cyclic N) is 1. The molecule has 4 heteroatoms. The number of amides is 1. The topological polar surface area (TPSA) is 43.8 Å². The lowest BCUT2D eigenvalue weighted by Crippen LogP contribution is -2.50. The summed E-state index contributed by atoms with van der Waals surface area (Å²) in [6, 6.07) is 1.12. The van der Waals surface area contributed by atoms with E-state index in [0.29, 0.717) is 31.6 Å². The first-order valence-corrected chi connectivity index (χ1v) is 7.29. The zero-order valence-corrected chi connectivity index (χ0v) is 11.6. The summed E-state index contributed by atoms with van der Waals surface area (Å²) in [5.41, 5.74) is 0. The molecule has 2 rings (SSSR count). The van der Waals surface area contributed by atoms with Gasteiger partial charge in [0.2, 0.25) is 5.91 Å². The summed E-state index contributed by atoms with van der Waals surface area (Å²) in [7, 11) is 0. The third-order valence-corrected chi connectivity index (χ3v) is 4.23. The van der Waals surface area contributed by atoms with Gasteiger partial charge in [0.1, 0.15) is 0 Å². The maximum atomic E-state index is 11.5. The molecular weight excluding hydrogens is 228 g/mol. The number of hydrogen-bond acceptors (Lipinski definition) is 3. The number of carbonyl (C=O) groups excluding carboxylic acids is 1. The lowest BCUT2D eigenvalue weighted by molar-refractivity contribution is -0.129. The second-order valence-electron chi connectivity index (χ2n) is 5.97. The molecule has 1 N–H and O–H groups in total. The van der Waals surface area contributed by atoms with Crippen molar-refractivity contribution in [3.63, 3.8) is 0 Å². The second kappa shape index (κ2) is 6.02. The Morgan fingerprint density at radius 2 is 2.11 bits per heavy atom. The summed E-state index contributed by atoms with van der Waals surface area (Å²) in [6.07, 6.45) is 5.02. The Morgan fingerprint density at radius 1 is 1.39 bits per heavy atom. The molecule has 1 saturated heterocycles. The molecule has 2 fully saturated rings. The van der Waals surface area contributed by atoms with E-state index in [1.165, 1.54) is 19.3 Å². The molecule has 4 nitrogen and oxygen atoms in total. The number of carbonyl (C=O) groups is 1. The molecular formula is C14H26N2O2. The van der Waals surface area contributed by atoms with Crippen LogP contribution in [0.25, 0.3) is 0 Å². The molecule has 0 aromatic carbocycles. The van der Waals surface area contributed by atoms with Crippen molar-refractivity contribution >= 4 is 5.91 Å². The maximum absolute atomic E-state index is 11.5. The van der Waals surface area contributed by atoms with Gasteiger partial charge in [-0.1, -0.05) is 6.42 Å². The van der Waals surface area contributed by atoms with Gasteiger partial charge < -0.3 is 10.0 Å². The van der Waals surface area contributed by atoms with Crippen LogP contribution in [0.2, 0.25) is 0 Å². The molecule has 1 saturated carbocycles. The van der Waals surface area contributed by atoms with Crippen LogP contribution in [0.15, 0.2) is 0 Å². The van der Waals surface area contributed by atoms with Crippen molar-refractivity contribution in [3.05, 3.63) is 0 Å². The van der Waals surface area contributed by atoms with Crippen molar-refractivity contribution in [2.24, 2.45) is 0 Å². The summed E-state index contributed by atoms with van der Waals surface area (Å²) >= 11 is 0. The molecule has 1 heterocycles. The van der Waals surface area contributed by atoms with Crippen LogP contribution in [0.4, 0.5) is 0 Å². The fraction of sp³-hybridized carbons (Fsp3) is 0.929. The number of rotatable bonds is 6. The Morgan fingerprint density at radius 3 is 2.56 bits per heavy atom. The molecule has 1 atom stereocenters. The third-order valence-electron chi connectivity index (χ3n) is 4.23. The minimum Gasteiger partial charge on any atom is -0.390 e. The van der Waals surface area contributed by atoms with Crippen molar-refractivity contribution in [3.8, 4) is 0 Å². The molecule has 0 bridgehead atoms. The highest BCUT2D eigenvalue weighted by Crippen LogP contribution is 2.26. The van der Waals surface area contributed by atoms with E-state index in [1.54, 1.807) is 0 Å². The Bertz CT molecular complexity index is 290. The first-order chi connectivity index (χ1) is 8.58. The maximum Gasteiger partial charge on any atom is 0.222 e. The van der Waals surface area contributed by atoms with Crippen LogP contribution in [0.3, 0.4) is 0 Å². The van der Waals surface area contributed by atoms with Gasteiger partial charge in [0, 0.05) is 38.1 Å². The van der Waals surface area contributed by atoms with Gasteiger partial charge in [-0.2, -0.15) is 0 Å². The predicted molar refractivity (Wildman–Crippen MR) is 71.3 cm³/mol. The summed E-state index contributed by atoms with van der Waals surface area (Å²) in [6.45, 7) is 6.40. The van der Waals surface area contributed by atoms with Gasteiger partial charge in [-0.25, -0.2) is 0 Å². The highest BCUT2D eigenvalue weighted by atomic mass is 16.3. The molecule has 0 spiro atoms. The van der Waals surface area contributed by atoms with E-state index in [4.69, 9.17) is 0 Å². The van der Waals surface area contributed by atoms with E-state index in [1.807, 2.05) is 4.90 Å². The van der Waals surface area contributed by atoms with Gasteiger partial charge in [-0.3, -0.25) is 9.69 Å². The van der Waals surface area contributed by atoms with E-state index >= 15 is 0 Å². The zero-order valence-electron chi connectivity index (χ0n) is 11.6. The Kier molecular flexibility index (Phi) is 4.62. The van der Waals surface area contributed by atoms with E-state index < -0.39 is 6.10 Å². The number of aliphatic hydroxyl groups excluding tert-OH is 1. The molecule has 1 aliphatic carbocycles. The Labute approximate surface area is 110 Å². The fourth-order valence-corrected chi connectivity index (χ4v) is 2.95. The normalized spacial score (nSPS) is 22.9. The summed E-state index contributed by atoms with van der Waals surface area (Å²) < 4.78 is 0. The number of nitrogens with zero attached hydrogens (tertiary/aromatic N) is 2. The van der Waals surface area contributed by atoms with Crippen LogP contribution in [0, 0.1) is 0 Å². The summed E-state index contributed by atoms with van der Waals surface area (Å²) in [5.74, 6) is 0.203. The van der Waals surface area contributed by atoms with E-state index in [2.05, 4.69) is 18.7 Å². The monoisotopic (exact) mass is 254 g/mol.